The Kier molecular flexibility index (Phi) is 7.18. The molecule has 2 N–H and O–H groups in total. The van der Waals surface area contributed by atoms with Crippen molar-refractivity contribution in [3.8, 4) is 11.5 Å². The van der Waals surface area contributed by atoms with E-state index in [2.05, 4.69) is 58.5 Å². The van der Waals surface area contributed by atoms with Gasteiger partial charge in [-0.3, -0.25) is 4.79 Å². The molecule has 0 unspecified atom stereocenters. The molecule has 1 aliphatic rings. The normalized spacial score (nSPS) is 12.4. The van der Waals surface area contributed by atoms with E-state index in [1.165, 1.54) is 11.1 Å². The summed E-state index contributed by atoms with van der Waals surface area (Å²) in [6, 6.07) is 24.3. The molecular weight excluding hydrogens is 470 g/mol. The van der Waals surface area contributed by atoms with Crippen LogP contribution in [0.15, 0.2) is 77.6 Å². The first-order valence-corrected chi connectivity index (χ1v) is 12.5. The van der Waals surface area contributed by atoms with Gasteiger partial charge in [0.15, 0.2) is 16.6 Å². The van der Waals surface area contributed by atoms with Gasteiger partial charge in [0.2, 0.25) is 0 Å². The largest absolute Gasteiger partial charge is 0.486 e. The van der Waals surface area contributed by atoms with Crippen molar-refractivity contribution in [2.75, 3.05) is 19.8 Å². The minimum absolute atomic E-state index is 0.134. The van der Waals surface area contributed by atoms with Gasteiger partial charge in [-0.2, -0.15) is 0 Å². The summed E-state index contributed by atoms with van der Waals surface area (Å²) in [5, 5.41) is 4.89. The van der Waals surface area contributed by atoms with Gasteiger partial charge in [-0.15, -0.1) is 0 Å². The fraction of sp³-hybridized carbons (Fsp3) is 0.241. The minimum atomic E-state index is -0.134. The molecule has 184 valence electrons. The maximum Gasteiger partial charge on any atom is 0.253 e. The molecule has 0 spiro atoms. The van der Waals surface area contributed by atoms with E-state index in [0.29, 0.717) is 55.0 Å². The number of benzene rings is 3. The number of ether oxygens (including phenoxy) is 2. The molecule has 4 aromatic rings. The summed E-state index contributed by atoms with van der Waals surface area (Å²) in [5.74, 6) is 1.35. The third-order valence-electron chi connectivity index (χ3n) is 6.27. The van der Waals surface area contributed by atoms with Gasteiger partial charge >= 0.3 is 0 Å². The second-order valence-corrected chi connectivity index (χ2v) is 9.40. The smallest absolute Gasteiger partial charge is 0.253 e. The van der Waals surface area contributed by atoms with Crippen LogP contribution in [0.1, 0.15) is 22.3 Å². The molecule has 7 heteroatoms. The summed E-state index contributed by atoms with van der Waals surface area (Å²) in [6.07, 6.45) is 0.818. The predicted octanol–water partition coefficient (Wildman–Crippen LogP) is 4.73. The van der Waals surface area contributed by atoms with Crippen LogP contribution in [0.2, 0.25) is 0 Å². The monoisotopic (exact) mass is 499 g/mol. The molecule has 1 aromatic heterocycles. The molecule has 6 nitrogen and oxygen atoms in total. The Balaban J connectivity index is 1.39. The molecule has 5 rings (SSSR count). The van der Waals surface area contributed by atoms with E-state index < -0.39 is 0 Å². The number of pyridine rings is 1. The number of nitrogens with zero attached hydrogens (tertiary/aromatic N) is 1. The first-order chi connectivity index (χ1) is 17.5. The number of fused-ring (bicyclic) bond motifs is 2. The third kappa shape index (κ3) is 5.69. The van der Waals surface area contributed by atoms with Crippen LogP contribution in [-0.4, -0.2) is 34.8 Å². The molecule has 0 saturated heterocycles. The zero-order valence-electron chi connectivity index (χ0n) is 20.3. The van der Waals surface area contributed by atoms with Crippen molar-refractivity contribution < 1.29 is 9.47 Å². The van der Waals surface area contributed by atoms with Crippen LogP contribution in [0.4, 0.5) is 0 Å². The molecule has 1 aliphatic heterocycles. The van der Waals surface area contributed by atoms with Gasteiger partial charge in [-0.1, -0.05) is 60.2 Å². The van der Waals surface area contributed by atoms with Gasteiger partial charge in [-0.25, -0.2) is 0 Å². The van der Waals surface area contributed by atoms with E-state index in [9.17, 15) is 4.79 Å². The van der Waals surface area contributed by atoms with E-state index in [-0.39, 0.29) is 5.56 Å². The van der Waals surface area contributed by atoms with Crippen molar-refractivity contribution >= 4 is 28.2 Å². The molecule has 0 aliphatic carbocycles. The van der Waals surface area contributed by atoms with Gasteiger partial charge in [0, 0.05) is 30.1 Å². The molecule has 0 saturated carbocycles. The SMILES string of the molecule is Cc1cccc(CCN(Cc2cc3cc4c(cc3[nH]c2=O)OCCO4)C(=S)NCc2ccccc2)c1. The molecular formula is C29H29N3O3S. The quantitative estimate of drug-likeness (QED) is 0.359. The second kappa shape index (κ2) is 10.8. The van der Waals surface area contributed by atoms with Gasteiger partial charge in [0.1, 0.15) is 13.2 Å². The van der Waals surface area contributed by atoms with Crippen molar-refractivity contribution in [1.29, 1.82) is 0 Å². The third-order valence-corrected chi connectivity index (χ3v) is 6.67. The number of nitrogens with one attached hydrogen (secondary N) is 2. The maximum absolute atomic E-state index is 13.0. The van der Waals surface area contributed by atoms with Gasteiger partial charge in [-0.05, 0) is 48.8 Å². The van der Waals surface area contributed by atoms with E-state index in [0.717, 1.165) is 22.9 Å². The van der Waals surface area contributed by atoms with Crippen molar-refractivity contribution in [3.63, 3.8) is 0 Å². The molecule has 0 fully saturated rings. The molecule has 0 atom stereocenters. The average molecular weight is 500 g/mol. The van der Waals surface area contributed by atoms with Crippen molar-refractivity contribution in [2.24, 2.45) is 0 Å². The Labute approximate surface area is 215 Å². The lowest BCUT2D eigenvalue weighted by molar-refractivity contribution is 0.172. The van der Waals surface area contributed by atoms with Crippen molar-refractivity contribution in [1.82, 2.24) is 15.2 Å². The van der Waals surface area contributed by atoms with Crippen LogP contribution >= 0.6 is 12.2 Å². The lowest BCUT2D eigenvalue weighted by atomic mass is 10.1. The number of aryl methyl sites for hydroxylation is 1. The molecule has 0 radical (unpaired) electrons. The van der Waals surface area contributed by atoms with Crippen LogP contribution in [0.5, 0.6) is 11.5 Å². The Morgan fingerprint density at radius 3 is 2.50 bits per heavy atom. The van der Waals surface area contributed by atoms with Crippen LogP contribution < -0.4 is 20.3 Å². The highest BCUT2D eigenvalue weighted by molar-refractivity contribution is 7.80. The Morgan fingerprint density at radius 1 is 0.972 bits per heavy atom. The fourth-order valence-electron chi connectivity index (χ4n) is 4.38. The standard InChI is InChI=1S/C29H29N3O3S/c1-20-6-5-9-21(14-20)10-11-32(29(36)30-18-22-7-3-2-4-8-22)19-24-15-23-16-26-27(35-13-12-34-26)17-25(23)31-28(24)33/h2-9,14-17H,10-13,18-19H2,1H3,(H,30,36)(H,31,33). The first kappa shape index (κ1) is 23.9. The lowest BCUT2D eigenvalue weighted by Crippen LogP contribution is -2.41. The number of H-pyrrole nitrogens is 1. The topological polar surface area (TPSA) is 66.6 Å². The first-order valence-electron chi connectivity index (χ1n) is 12.1. The highest BCUT2D eigenvalue weighted by Crippen LogP contribution is 2.33. The van der Waals surface area contributed by atoms with E-state index >= 15 is 0 Å². The Morgan fingerprint density at radius 2 is 1.72 bits per heavy atom. The van der Waals surface area contributed by atoms with Crippen molar-refractivity contribution in [2.45, 2.75) is 26.4 Å². The molecule has 36 heavy (non-hydrogen) atoms. The second-order valence-electron chi connectivity index (χ2n) is 9.01. The number of aromatic nitrogens is 1. The summed E-state index contributed by atoms with van der Waals surface area (Å²) in [7, 11) is 0. The number of aromatic amines is 1. The summed E-state index contributed by atoms with van der Waals surface area (Å²) in [6.45, 7) is 4.81. The van der Waals surface area contributed by atoms with Gasteiger partial charge < -0.3 is 24.7 Å². The van der Waals surface area contributed by atoms with E-state index in [4.69, 9.17) is 21.7 Å². The molecule has 3 aromatic carbocycles. The van der Waals surface area contributed by atoms with Crippen LogP contribution in [0.25, 0.3) is 10.9 Å². The zero-order chi connectivity index (χ0) is 24.9. The maximum atomic E-state index is 13.0. The van der Waals surface area contributed by atoms with Crippen LogP contribution in [0, 0.1) is 6.92 Å². The molecule has 0 amide bonds. The van der Waals surface area contributed by atoms with Gasteiger partial charge in [0.05, 0.1) is 12.1 Å². The van der Waals surface area contributed by atoms with E-state index in [1.807, 2.05) is 36.4 Å². The van der Waals surface area contributed by atoms with E-state index in [1.54, 1.807) is 0 Å². The summed E-state index contributed by atoms with van der Waals surface area (Å²) < 4.78 is 11.4. The lowest BCUT2D eigenvalue weighted by Gasteiger charge is -2.26. The molecule has 0 bridgehead atoms. The Hall–Kier alpha value is -3.84. The predicted molar refractivity (Wildman–Crippen MR) is 147 cm³/mol. The minimum Gasteiger partial charge on any atom is -0.486 e. The average Bonchev–Trinajstić information content (AvgIpc) is 2.89. The summed E-state index contributed by atoms with van der Waals surface area (Å²) in [4.78, 5) is 18.1. The van der Waals surface area contributed by atoms with Crippen molar-refractivity contribution in [3.05, 3.63) is 105 Å². The van der Waals surface area contributed by atoms with Crippen LogP contribution in [0.3, 0.4) is 0 Å². The number of hydrogen-bond acceptors (Lipinski definition) is 4. The summed E-state index contributed by atoms with van der Waals surface area (Å²) >= 11 is 5.80. The number of hydrogen-bond donors (Lipinski definition) is 2. The fourth-order valence-corrected chi connectivity index (χ4v) is 4.61. The zero-order valence-corrected chi connectivity index (χ0v) is 21.1. The van der Waals surface area contributed by atoms with Crippen LogP contribution in [-0.2, 0) is 19.5 Å². The number of rotatable bonds is 7. The summed E-state index contributed by atoms with van der Waals surface area (Å²) in [5.41, 5.74) is 4.85. The Bertz CT molecular complexity index is 1440. The number of thiocarbonyl (C=S) groups is 1. The van der Waals surface area contributed by atoms with Gasteiger partial charge in [0.25, 0.3) is 5.56 Å². The molecule has 2 heterocycles. The highest BCUT2D eigenvalue weighted by Gasteiger charge is 2.17. The highest BCUT2D eigenvalue weighted by atomic mass is 32.1.